The molecule has 0 spiro atoms. The van der Waals surface area contributed by atoms with Crippen LogP contribution < -0.4 is 11.5 Å². The summed E-state index contributed by atoms with van der Waals surface area (Å²) in [6.45, 7) is 0.734. The molecule has 102 valence electrons. The Hall–Kier alpha value is -1.88. The second-order valence-electron chi connectivity index (χ2n) is 4.82. The van der Waals surface area contributed by atoms with Crippen molar-refractivity contribution in [3.8, 4) is 0 Å². The number of likely N-dealkylation sites (tertiary alicyclic amines) is 1. The van der Waals surface area contributed by atoms with E-state index in [0.29, 0.717) is 18.4 Å². The summed E-state index contributed by atoms with van der Waals surface area (Å²) < 4.78 is 0. The minimum absolute atomic E-state index is 0.0456. The molecule has 1 atom stereocenters. The van der Waals surface area contributed by atoms with Crippen molar-refractivity contribution < 1.29 is 9.59 Å². The maximum atomic E-state index is 12.0. The SMILES string of the molecule is NC(=O)c1ccccc1CCC(=O)N1CCCC1N. The van der Waals surface area contributed by atoms with Gasteiger partial charge >= 0.3 is 0 Å². The molecular weight excluding hydrogens is 242 g/mol. The lowest BCUT2D eigenvalue weighted by atomic mass is 10.0. The standard InChI is InChI=1S/C14H19N3O2/c15-12-6-3-9-17(12)13(18)8-7-10-4-1-2-5-11(10)14(16)19/h1-2,4-5,12H,3,6-9,15H2,(H2,16,19). The van der Waals surface area contributed by atoms with E-state index in [1.165, 1.54) is 0 Å². The molecule has 4 N–H and O–H groups in total. The zero-order valence-corrected chi connectivity index (χ0v) is 10.8. The molecule has 2 rings (SSSR count). The Morgan fingerprint density at radius 3 is 2.68 bits per heavy atom. The highest BCUT2D eigenvalue weighted by molar-refractivity contribution is 5.94. The van der Waals surface area contributed by atoms with Gasteiger partial charge in [-0.15, -0.1) is 0 Å². The van der Waals surface area contributed by atoms with Gasteiger partial charge in [0.15, 0.2) is 0 Å². The largest absolute Gasteiger partial charge is 0.366 e. The molecule has 1 aromatic rings. The Balaban J connectivity index is 1.99. The number of amides is 2. The molecule has 1 heterocycles. The average molecular weight is 261 g/mol. The Bertz CT molecular complexity index is 487. The minimum atomic E-state index is -0.457. The maximum Gasteiger partial charge on any atom is 0.248 e. The molecule has 1 aliphatic heterocycles. The van der Waals surface area contributed by atoms with Gasteiger partial charge in [-0.25, -0.2) is 0 Å². The Morgan fingerprint density at radius 1 is 1.32 bits per heavy atom. The summed E-state index contributed by atoms with van der Waals surface area (Å²) in [6.07, 6.45) is 2.55. The van der Waals surface area contributed by atoms with E-state index in [9.17, 15) is 9.59 Å². The molecule has 0 aromatic heterocycles. The lowest BCUT2D eigenvalue weighted by Crippen LogP contribution is -2.41. The first-order chi connectivity index (χ1) is 9.09. The van der Waals surface area contributed by atoms with E-state index in [1.807, 2.05) is 12.1 Å². The van der Waals surface area contributed by atoms with E-state index >= 15 is 0 Å². The zero-order valence-electron chi connectivity index (χ0n) is 10.8. The lowest BCUT2D eigenvalue weighted by Gasteiger charge is -2.21. The van der Waals surface area contributed by atoms with Crippen LogP contribution in [0.1, 0.15) is 35.2 Å². The van der Waals surface area contributed by atoms with Gasteiger partial charge in [0.1, 0.15) is 0 Å². The van der Waals surface area contributed by atoms with Gasteiger partial charge in [0.05, 0.1) is 6.17 Å². The third kappa shape index (κ3) is 3.12. The van der Waals surface area contributed by atoms with Crippen LogP contribution in [0.4, 0.5) is 0 Å². The van der Waals surface area contributed by atoms with Crippen LogP contribution in [0, 0.1) is 0 Å². The molecule has 1 aromatic carbocycles. The van der Waals surface area contributed by atoms with Crippen molar-refractivity contribution in [2.24, 2.45) is 11.5 Å². The molecule has 1 unspecified atom stereocenters. The number of nitrogens with zero attached hydrogens (tertiary/aromatic N) is 1. The maximum absolute atomic E-state index is 12.0. The van der Waals surface area contributed by atoms with Gasteiger partial charge in [-0.05, 0) is 30.9 Å². The van der Waals surface area contributed by atoms with Crippen LogP contribution in [0.2, 0.25) is 0 Å². The molecule has 5 nitrogen and oxygen atoms in total. The first kappa shape index (κ1) is 13.5. The van der Waals surface area contributed by atoms with E-state index in [1.54, 1.807) is 17.0 Å². The molecule has 0 bridgehead atoms. The van der Waals surface area contributed by atoms with E-state index in [2.05, 4.69) is 0 Å². The number of hydrogen-bond donors (Lipinski definition) is 2. The quantitative estimate of drug-likeness (QED) is 0.832. The molecule has 5 heteroatoms. The molecular formula is C14H19N3O2. The Morgan fingerprint density at radius 2 is 2.05 bits per heavy atom. The normalized spacial score (nSPS) is 18.6. The third-order valence-corrected chi connectivity index (χ3v) is 3.51. The number of aryl methyl sites for hydroxylation is 1. The second kappa shape index (κ2) is 5.84. The number of benzene rings is 1. The molecule has 0 radical (unpaired) electrons. The summed E-state index contributed by atoms with van der Waals surface area (Å²) in [6, 6.07) is 7.12. The average Bonchev–Trinajstić information content (AvgIpc) is 2.82. The summed E-state index contributed by atoms with van der Waals surface area (Å²) >= 11 is 0. The highest BCUT2D eigenvalue weighted by atomic mass is 16.2. The summed E-state index contributed by atoms with van der Waals surface area (Å²) in [5.74, 6) is -0.412. The molecule has 1 fully saturated rings. The van der Waals surface area contributed by atoms with E-state index in [-0.39, 0.29) is 12.1 Å². The highest BCUT2D eigenvalue weighted by Gasteiger charge is 2.25. The van der Waals surface area contributed by atoms with Crippen molar-refractivity contribution in [1.29, 1.82) is 0 Å². The second-order valence-corrected chi connectivity index (χ2v) is 4.82. The van der Waals surface area contributed by atoms with Gasteiger partial charge < -0.3 is 16.4 Å². The van der Waals surface area contributed by atoms with Crippen molar-refractivity contribution in [1.82, 2.24) is 4.90 Å². The predicted molar refractivity (Wildman–Crippen MR) is 72.2 cm³/mol. The monoisotopic (exact) mass is 261 g/mol. The fraction of sp³-hybridized carbons (Fsp3) is 0.429. The molecule has 1 aliphatic rings. The summed E-state index contributed by atoms with van der Waals surface area (Å²) in [4.78, 5) is 25.0. The highest BCUT2D eigenvalue weighted by Crippen LogP contribution is 2.16. The Kier molecular flexibility index (Phi) is 4.16. The molecule has 2 amide bonds. The Labute approximate surface area is 112 Å². The van der Waals surface area contributed by atoms with Crippen molar-refractivity contribution in [2.75, 3.05) is 6.54 Å². The van der Waals surface area contributed by atoms with Crippen molar-refractivity contribution >= 4 is 11.8 Å². The topological polar surface area (TPSA) is 89.4 Å². The van der Waals surface area contributed by atoms with Gasteiger partial charge in [0, 0.05) is 18.5 Å². The summed E-state index contributed by atoms with van der Waals surface area (Å²) in [5.41, 5.74) is 12.5. The molecule has 0 saturated carbocycles. The van der Waals surface area contributed by atoms with Gasteiger partial charge in [-0.2, -0.15) is 0 Å². The van der Waals surface area contributed by atoms with Crippen LogP contribution in [0.25, 0.3) is 0 Å². The molecule has 0 aliphatic carbocycles. The number of rotatable bonds is 4. The molecule has 1 saturated heterocycles. The number of carbonyl (C=O) groups excluding carboxylic acids is 2. The predicted octanol–water partition coefficient (Wildman–Crippen LogP) is 0.625. The first-order valence-electron chi connectivity index (χ1n) is 6.52. The third-order valence-electron chi connectivity index (χ3n) is 3.51. The van der Waals surface area contributed by atoms with Crippen molar-refractivity contribution in [2.45, 2.75) is 31.8 Å². The van der Waals surface area contributed by atoms with Gasteiger partial charge in [-0.1, -0.05) is 18.2 Å². The number of primary amides is 1. The fourth-order valence-electron chi connectivity index (χ4n) is 2.47. The summed E-state index contributed by atoms with van der Waals surface area (Å²) in [7, 11) is 0. The van der Waals surface area contributed by atoms with Crippen LogP contribution in [-0.4, -0.2) is 29.4 Å². The van der Waals surface area contributed by atoms with Gasteiger partial charge in [-0.3, -0.25) is 9.59 Å². The van der Waals surface area contributed by atoms with Crippen LogP contribution in [-0.2, 0) is 11.2 Å². The number of carbonyl (C=O) groups is 2. The lowest BCUT2D eigenvalue weighted by molar-refractivity contribution is -0.131. The zero-order chi connectivity index (χ0) is 13.8. The van der Waals surface area contributed by atoms with Crippen LogP contribution >= 0.6 is 0 Å². The number of hydrogen-bond acceptors (Lipinski definition) is 3. The van der Waals surface area contributed by atoms with E-state index in [0.717, 1.165) is 24.9 Å². The smallest absolute Gasteiger partial charge is 0.248 e. The van der Waals surface area contributed by atoms with Crippen molar-refractivity contribution in [3.05, 3.63) is 35.4 Å². The van der Waals surface area contributed by atoms with Crippen LogP contribution in [0.3, 0.4) is 0 Å². The molecule has 19 heavy (non-hydrogen) atoms. The van der Waals surface area contributed by atoms with E-state index in [4.69, 9.17) is 11.5 Å². The van der Waals surface area contributed by atoms with Crippen LogP contribution in [0.15, 0.2) is 24.3 Å². The fourth-order valence-corrected chi connectivity index (χ4v) is 2.47. The number of nitrogens with two attached hydrogens (primary N) is 2. The van der Waals surface area contributed by atoms with Crippen molar-refractivity contribution in [3.63, 3.8) is 0 Å². The van der Waals surface area contributed by atoms with E-state index < -0.39 is 5.91 Å². The van der Waals surface area contributed by atoms with Gasteiger partial charge in [0.25, 0.3) is 0 Å². The first-order valence-corrected chi connectivity index (χ1v) is 6.52. The van der Waals surface area contributed by atoms with Gasteiger partial charge in [0.2, 0.25) is 11.8 Å². The summed E-state index contributed by atoms with van der Waals surface area (Å²) in [5, 5.41) is 0. The van der Waals surface area contributed by atoms with Crippen LogP contribution in [0.5, 0.6) is 0 Å². The minimum Gasteiger partial charge on any atom is -0.366 e.